The number of hydrogen-bond donors (Lipinski definition) is 2. The van der Waals surface area contributed by atoms with Crippen LogP contribution in [0.25, 0.3) is 0 Å². The lowest BCUT2D eigenvalue weighted by Crippen LogP contribution is -2.54. The fourth-order valence-corrected chi connectivity index (χ4v) is 1.31. The molecule has 0 aromatic rings. The lowest BCUT2D eigenvalue weighted by atomic mass is 10.1. The Hall–Kier alpha value is -1.14. The van der Waals surface area contributed by atoms with Gasteiger partial charge in [-0.2, -0.15) is 0 Å². The maximum absolute atomic E-state index is 11.7. The summed E-state index contributed by atoms with van der Waals surface area (Å²) in [6.07, 6.45) is 0. The predicted octanol–water partition coefficient (Wildman–Crippen LogP) is -1.27. The molecule has 1 aliphatic rings. The quantitative estimate of drug-likeness (QED) is 0.580. The number of rotatable bonds is 2. The highest BCUT2D eigenvalue weighted by Gasteiger charge is 2.28. The molecule has 6 nitrogen and oxygen atoms in total. The van der Waals surface area contributed by atoms with Gasteiger partial charge in [-0.05, 0) is 13.8 Å². The zero-order valence-electron chi connectivity index (χ0n) is 9.65. The fraction of sp³-hybridized carbons (Fsp3) is 0.800. The van der Waals surface area contributed by atoms with Gasteiger partial charge in [0.15, 0.2) is 0 Å². The van der Waals surface area contributed by atoms with Gasteiger partial charge >= 0.3 is 11.8 Å². The molecular weight excluding hydrogens is 212 g/mol. The van der Waals surface area contributed by atoms with Crippen LogP contribution in [-0.4, -0.2) is 60.3 Å². The average Bonchev–Trinajstić information content (AvgIpc) is 2.28. The molecule has 0 spiro atoms. The van der Waals surface area contributed by atoms with Crippen molar-refractivity contribution in [2.75, 3.05) is 32.9 Å². The van der Waals surface area contributed by atoms with Gasteiger partial charge in [0.1, 0.15) is 0 Å². The van der Waals surface area contributed by atoms with Crippen molar-refractivity contribution in [2.45, 2.75) is 19.4 Å². The van der Waals surface area contributed by atoms with Crippen LogP contribution in [0.4, 0.5) is 0 Å². The third kappa shape index (κ3) is 3.46. The number of nitrogens with one attached hydrogen (secondary N) is 1. The van der Waals surface area contributed by atoms with E-state index in [9.17, 15) is 9.59 Å². The van der Waals surface area contributed by atoms with Crippen LogP contribution in [0.15, 0.2) is 0 Å². The smallest absolute Gasteiger partial charge is 0.312 e. The molecule has 0 aromatic heterocycles. The first-order valence-corrected chi connectivity index (χ1v) is 5.26. The van der Waals surface area contributed by atoms with E-state index in [-0.39, 0.29) is 6.61 Å². The molecule has 6 heteroatoms. The number of carbonyl (C=O) groups is 2. The second-order valence-electron chi connectivity index (χ2n) is 4.40. The first-order chi connectivity index (χ1) is 7.46. The van der Waals surface area contributed by atoms with Gasteiger partial charge in [0.25, 0.3) is 0 Å². The van der Waals surface area contributed by atoms with E-state index in [0.29, 0.717) is 26.3 Å². The van der Waals surface area contributed by atoms with E-state index >= 15 is 0 Å². The Morgan fingerprint density at radius 3 is 2.44 bits per heavy atom. The van der Waals surface area contributed by atoms with Crippen molar-refractivity contribution < 1.29 is 19.4 Å². The molecule has 2 amide bonds. The fourth-order valence-electron chi connectivity index (χ4n) is 1.31. The summed E-state index contributed by atoms with van der Waals surface area (Å²) in [6, 6.07) is 0. The van der Waals surface area contributed by atoms with E-state index in [1.165, 1.54) is 4.90 Å². The lowest BCUT2D eigenvalue weighted by molar-refractivity contribution is -0.149. The molecule has 0 bridgehead atoms. The van der Waals surface area contributed by atoms with E-state index in [1.54, 1.807) is 13.8 Å². The predicted molar refractivity (Wildman–Crippen MR) is 56.7 cm³/mol. The van der Waals surface area contributed by atoms with Gasteiger partial charge in [-0.25, -0.2) is 0 Å². The maximum atomic E-state index is 11.7. The molecule has 0 aliphatic carbocycles. The highest BCUT2D eigenvalue weighted by Crippen LogP contribution is 2.02. The van der Waals surface area contributed by atoms with Crippen LogP contribution in [0.2, 0.25) is 0 Å². The van der Waals surface area contributed by atoms with Gasteiger partial charge in [-0.3, -0.25) is 9.59 Å². The molecular formula is C10H18N2O4. The number of ether oxygens (including phenoxy) is 1. The van der Waals surface area contributed by atoms with Crippen molar-refractivity contribution in [1.29, 1.82) is 0 Å². The van der Waals surface area contributed by atoms with E-state index in [2.05, 4.69) is 5.32 Å². The van der Waals surface area contributed by atoms with Crippen molar-refractivity contribution in [2.24, 2.45) is 0 Å². The van der Waals surface area contributed by atoms with E-state index in [4.69, 9.17) is 9.84 Å². The summed E-state index contributed by atoms with van der Waals surface area (Å²) in [5.41, 5.74) is -0.779. The SMILES string of the molecule is CC(C)(CO)NC(=O)C(=O)N1CCOCC1. The van der Waals surface area contributed by atoms with Crippen LogP contribution in [0, 0.1) is 0 Å². The van der Waals surface area contributed by atoms with Crippen LogP contribution in [-0.2, 0) is 14.3 Å². The summed E-state index contributed by atoms with van der Waals surface area (Å²) in [5.74, 6) is -1.24. The van der Waals surface area contributed by atoms with Crippen molar-refractivity contribution in [3.63, 3.8) is 0 Å². The minimum absolute atomic E-state index is 0.213. The topological polar surface area (TPSA) is 78.9 Å². The summed E-state index contributed by atoms with van der Waals surface area (Å²) in [7, 11) is 0. The van der Waals surface area contributed by atoms with Gasteiger partial charge < -0.3 is 20.1 Å². The Bertz CT molecular complexity index is 272. The van der Waals surface area contributed by atoms with Crippen molar-refractivity contribution in [3.8, 4) is 0 Å². The summed E-state index contributed by atoms with van der Waals surface area (Å²) >= 11 is 0. The van der Waals surface area contributed by atoms with Gasteiger partial charge in [0, 0.05) is 13.1 Å². The van der Waals surface area contributed by atoms with Crippen molar-refractivity contribution in [3.05, 3.63) is 0 Å². The Balaban J connectivity index is 2.50. The van der Waals surface area contributed by atoms with Gasteiger partial charge in [-0.1, -0.05) is 0 Å². The van der Waals surface area contributed by atoms with Gasteiger partial charge in [-0.15, -0.1) is 0 Å². The van der Waals surface area contributed by atoms with Crippen LogP contribution in [0.1, 0.15) is 13.8 Å². The monoisotopic (exact) mass is 230 g/mol. The zero-order valence-corrected chi connectivity index (χ0v) is 9.65. The van der Waals surface area contributed by atoms with Crippen molar-refractivity contribution >= 4 is 11.8 Å². The third-order valence-corrected chi connectivity index (χ3v) is 2.34. The number of morpholine rings is 1. The normalized spacial score (nSPS) is 17.1. The molecule has 1 saturated heterocycles. The molecule has 1 fully saturated rings. The first kappa shape index (κ1) is 12.9. The summed E-state index contributed by atoms with van der Waals surface area (Å²) in [6.45, 7) is 4.88. The number of aliphatic hydroxyl groups is 1. The summed E-state index contributed by atoms with van der Waals surface area (Å²) in [4.78, 5) is 24.7. The minimum atomic E-state index is -0.779. The van der Waals surface area contributed by atoms with E-state index in [1.807, 2.05) is 0 Å². The van der Waals surface area contributed by atoms with Crippen molar-refractivity contribution in [1.82, 2.24) is 10.2 Å². The lowest BCUT2D eigenvalue weighted by Gasteiger charge is -2.28. The Kier molecular flexibility index (Phi) is 4.26. The standard InChI is InChI=1S/C10H18N2O4/c1-10(2,7-13)11-8(14)9(15)12-3-5-16-6-4-12/h13H,3-7H2,1-2H3,(H,11,14). The highest BCUT2D eigenvalue weighted by molar-refractivity contribution is 6.35. The molecule has 0 radical (unpaired) electrons. The van der Waals surface area contributed by atoms with E-state index < -0.39 is 17.4 Å². The first-order valence-electron chi connectivity index (χ1n) is 5.26. The molecule has 92 valence electrons. The Morgan fingerprint density at radius 1 is 1.38 bits per heavy atom. The Morgan fingerprint density at radius 2 is 1.94 bits per heavy atom. The number of amides is 2. The number of nitrogens with zero attached hydrogens (tertiary/aromatic N) is 1. The zero-order chi connectivity index (χ0) is 12.2. The number of hydrogen-bond acceptors (Lipinski definition) is 4. The molecule has 0 unspecified atom stereocenters. The van der Waals surface area contributed by atoms with E-state index in [0.717, 1.165) is 0 Å². The molecule has 1 rings (SSSR count). The van der Waals surface area contributed by atoms with Gasteiger partial charge in [0.05, 0.1) is 25.4 Å². The number of aliphatic hydroxyl groups excluding tert-OH is 1. The second-order valence-corrected chi connectivity index (χ2v) is 4.40. The molecule has 0 atom stereocenters. The molecule has 1 aliphatic heterocycles. The Labute approximate surface area is 94.6 Å². The molecule has 1 heterocycles. The average molecular weight is 230 g/mol. The summed E-state index contributed by atoms with van der Waals surface area (Å²) in [5, 5.41) is 11.5. The minimum Gasteiger partial charge on any atom is -0.394 e. The highest BCUT2D eigenvalue weighted by atomic mass is 16.5. The third-order valence-electron chi connectivity index (χ3n) is 2.34. The van der Waals surface area contributed by atoms with Gasteiger partial charge in [0.2, 0.25) is 0 Å². The molecule has 16 heavy (non-hydrogen) atoms. The molecule has 2 N–H and O–H groups in total. The van der Waals surface area contributed by atoms with Crippen LogP contribution in [0.5, 0.6) is 0 Å². The summed E-state index contributed by atoms with van der Waals surface area (Å²) < 4.78 is 5.09. The van der Waals surface area contributed by atoms with Crippen LogP contribution < -0.4 is 5.32 Å². The molecule has 0 aromatic carbocycles. The molecule has 0 saturated carbocycles. The van der Waals surface area contributed by atoms with Crippen LogP contribution >= 0.6 is 0 Å². The second kappa shape index (κ2) is 5.27. The maximum Gasteiger partial charge on any atom is 0.312 e. The number of carbonyl (C=O) groups excluding carboxylic acids is 2. The van der Waals surface area contributed by atoms with Crippen LogP contribution in [0.3, 0.4) is 0 Å². The largest absolute Gasteiger partial charge is 0.394 e.